The van der Waals surface area contributed by atoms with E-state index in [-0.39, 0.29) is 0 Å². The summed E-state index contributed by atoms with van der Waals surface area (Å²) in [6.07, 6.45) is 3.55. The fraction of sp³-hybridized carbons (Fsp3) is 0.600. The lowest BCUT2D eigenvalue weighted by Gasteiger charge is -2.35. The molecule has 18 heavy (non-hydrogen) atoms. The smallest absolute Gasteiger partial charge is 0.161 e. The Labute approximate surface area is 108 Å². The van der Waals surface area contributed by atoms with Crippen LogP contribution in [-0.2, 0) is 0 Å². The first kappa shape index (κ1) is 11.8. The van der Waals surface area contributed by atoms with E-state index in [1.54, 1.807) is 0 Å². The number of nitrogens with one attached hydrogen (secondary N) is 1. The van der Waals surface area contributed by atoms with Crippen LogP contribution in [0.2, 0.25) is 0 Å². The summed E-state index contributed by atoms with van der Waals surface area (Å²) >= 11 is 0. The second-order valence-electron chi connectivity index (χ2n) is 5.35. The van der Waals surface area contributed by atoms with E-state index in [1.165, 1.54) is 18.4 Å². The maximum absolute atomic E-state index is 5.74. The SMILES string of the molecule is CNCC1CC(c2ccc3c(c2)OCCCO3)C1. The third-order valence-corrected chi connectivity index (χ3v) is 3.97. The van der Waals surface area contributed by atoms with E-state index in [1.807, 2.05) is 7.05 Å². The third kappa shape index (κ3) is 2.32. The molecule has 2 aliphatic rings. The van der Waals surface area contributed by atoms with E-state index < -0.39 is 0 Å². The van der Waals surface area contributed by atoms with Crippen molar-refractivity contribution >= 4 is 0 Å². The fourth-order valence-corrected chi connectivity index (χ4v) is 2.90. The van der Waals surface area contributed by atoms with E-state index in [9.17, 15) is 0 Å². The van der Waals surface area contributed by atoms with Crippen LogP contribution in [0.25, 0.3) is 0 Å². The second kappa shape index (κ2) is 5.19. The van der Waals surface area contributed by atoms with Gasteiger partial charge in [0.05, 0.1) is 13.2 Å². The van der Waals surface area contributed by atoms with Gasteiger partial charge >= 0.3 is 0 Å². The molecule has 0 radical (unpaired) electrons. The molecule has 3 heteroatoms. The molecule has 1 aliphatic carbocycles. The standard InChI is InChI=1S/C15H21NO2/c1-16-10-11-7-13(8-11)12-3-4-14-15(9-12)18-6-2-5-17-14/h3-4,9,11,13,16H,2,5-8,10H2,1H3. The number of hydrogen-bond donors (Lipinski definition) is 1. The van der Waals surface area contributed by atoms with Gasteiger partial charge in [0.2, 0.25) is 0 Å². The molecule has 3 rings (SSSR count). The summed E-state index contributed by atoms with van der Waals surface area (Å²) in [6.45, 7) is 2.67. The predicted molar refractivity (Wildman–Crippen MR) is 71.4 cm³/mol. The van der Waals surface area contributed by atoms with E-state index >= 15 is 0 Å². The first-order valence-corrected chi connectivity index (χ1v) is 6.91. The molecule has 0 spiro atoms. The molecule has 0 bridgehead atoms. The topological polar surface area (TPSA) is 30.5 Å². The van der Waals surface area contributed by atoms with Crippen LogP contribution in [-0.4, -0.2) is 26.8 Å². The Morgan fingerprint density at radius 3 is 2.72 bits per heavy atom. The number of benzene rings is 1. The highest BCUT2D eigenvalue weighted by atomic mass is 16.5. The summed E-state index contributed by atoms with van der Waals surface area (Å²) in [5.74, 6) is 3.39. The molecule has 1 heterocycles. The van der Waals surface area contributed by atoms with Crippen LogP contribution in [0.1, 0.15) is 30.7 Å². The molecule has 1 aliphatic heterocycles. The van der Waals surface area contributed by atoms with Crippen molar-refractivity contribution in [2.24, 2.45) is 5.92 Å². The molecule has 1 aromatic carbocycles. The van der Waals surface area contributed by atoms with E-state index in [2.05, 4.69) is 23.5 Å². The van der Waals surface area contributed by atoms with Crippen LogP contribution in [0.4, 0.5) is 0 Å². The monoisotopic (exact) mass is 247 g/mol. The van der Waals surface area contributed by atoms with Crippen molar-refractivity contribution in [3.63, 3.8) is 0 Å². The van der Waals surface area contributed by atoms with Gasteiger partial charge in [0.15, 0.2) is 11.5 Å². The van der Waals surface area contributed by atoms with Gasteiger partial charge in [-0.05, 0) is 56.0 Å². The Balaban J connectivity index is 1.69. The molecule has 0 saturated heterocycles. The molecule has 3 nitrogen and oxygen atoms in total. The zero-order valence-corrected chi connectivity index (χ0v) is 10.9. The van der Waals surface area contributed by atoms with E-state index in [0.717, 1.165) is 43.6 Å². The highest BCUT2D eigenvalue weighted by Gasteiger charge is 2.30. The summed E-state index contributed by atoms with van der Waals surface area (Å²) in [7, 11) is 2.03. The molecule has 1 saturated carbocycles. The zero-order valence-electron chi connectivity index (χ0n) is 10.9. The van der Waals surface area contributed by atoms with Crippen molar-refractivity contribution in [3.8, 4) is 11.5 Å². The Kier molecular flexibility index (Phi) is 3.41. The minimum absolute atomic E-state index is 0.709. The largest absolute Gasteiger partial charge is 0.490 e. The molecule has 0 atom stereocenters. The summed E-state index contributed by atoms with van der Waals surface area (Å²) in [6, 6.07) is 6.45. The molecule has 0 unspecified atom stereocenters. The molecule has 1 fully saturated rings. The highest BCUT2D eigenvalue weighted by Crippen LogP contribution is 2.43. The Bertz CT molecular complexity index is 413. The first-order chi connectivity index (χ1) is 8.86. The predicted octanol–water partition coefficient (Wildman–Crippen LogP) is 2.56. The highest BCUT2D eigenvalue weighted by molar-refractivity contribution is 5.44. The van der Waals surface area contributed by atoms with Crippen molar-refractivity contribution in [3.05, 3.63) is 23.8 Å². The lowest BCUT2D eigenvalue weighted by molar-refractivity contribution is 0.258. The van der Waals surface area contributed by atoms with Crippen molar-refractivity contribution < 1.29 is 9.47 Å². The maximum Gasteiger partial charge on any atom is 0.161 e. The van der Waals surface area contributed by atoms with Gasteiger partial charge in [-0.1, -0.05) is 6.07 Å². The lowest BCUT2D eigenvalue weighted by atomic mass is 9.71. The van der Waals surface area contributed by atoms with Crippen LogP contribution < -0.4 is 14.8 Å². The lowest BCUT2D eigenvalue weighted by Crippen LogP contribution is -2.30. The van der Waals surface area contributed by atoms with Crippen molar-refractivity contribution in [1.82, 2.24) is 5.32 Å². The minimum atomic E-state index is 0.709. The molecule has 0 aromatic heterocycles. The van der Waals surface area contributed by atoms with Gasteiger partial charge in [-0.15, -0.1) is 0 Å². The van der Waals surface area contributed by atoms with Gasteiger partial charge in [-0.2, -0.15) is 0 Å². The van der Waals surface area contributed by atoms with E-state index in [4.69, 9.17) is 9.47 Å². The summed E-state index contributed by atoms with van der Waals surface area (Å²) in [5.41, 5.74) is 1.41. The Morgan fingerprint density at radius 1 is 1.17 bits per heavy atom. The van der Waals surface area contributed by atoms with Crippen molar-refractivity contribution in [2.75, 3.05) is 26.8 Å². The van der Waals surface area contributed by atoms with Crippen LogP contribution in [0, 0.1) is 5.92 Å². The van der Waals surface area contributed by atoms with E-state index in [0.29, 0.717) is 5.92 Å². The zero-order chi connectivity index (χ0) is 12.4. The Hall–Kier alpha value is -1.22. The molecule has 0 amide bonds. The average molecular weight is 247 g/mol. The van der Waals surface area contributed by atoms with Gasteiger partial charge in [-0.3, -0.25) is 0 Å². The number of ether oxygens (including phenoxy) is 2. The first-order valence-electron chi connectivity index (χ1n) is 6.91. The third-order valence-electron chi connectivity index (χ3n) is 3.97. The number of hydrogen-bond acceptors (Lipinski definition) is 3. The second-order valence-corrected chi connectivity index (χ2v) is 5.35. The van der Waals surface area contributed by atoms with Gasteiger partial charge in [0.1, 0.15) is 0 Å². The van der Waals surface area contributed by atoms with Crippen LogP contribution in [0.3, 0.4) is 0 Å². The normalized spacial score (nSPS) is 26.3. The van der Waals surface area contributed by atoms with Gasteiger partial charge < -0.3 is 14.8 Å². The van der Waals surface area contributed by atoms with Crippen molar-refractivity contribution in [2.45, 2.75) is 25.2 Å². The molecule has 1 aromatic rings. The van der Waals surface area contributed by atoms with Gasteiger partial charge in [0.25, 0.3) is 0 Å². The molecular formula is C15H21NO2. The summed E-state index contributed by atoms with van der Waals surface area (Å²) < 4.78 is 11.4. The van der Waals surface area contributed by atoms with Crippen molar-refractivity contribution in [1.29, 1.82) is 0 Å². The average Bonchev–Trinajstić information content (AvgIpc) is 2.57. The quantitative estimate of drug-likeness (QED) is 0.890. The van der Waals surface area contributed by atoms with Crippen LogP contribution >= 0.6 is 0 Å². The Morgan fingerprint density at radius 2 is 1.94 bits per heavy atom. The molecule has 98 valence electrons. The summed E-state index contributed by atoms with van der Waals surface area (Å²) in [4.78, 5) is 0. The number of rotatable bonds is 3. The van der Waals surface area contributed by atoms with Crippen LogP contribution in [0.5, 0.6) is 11.5 Å². The molecule has 1 N–H and O–H groups in total. The molecular weight excluding hydrogens is 226 g/mol. The maximum atomic E-state index is 5.74. The number of fused-ring (bicyclic) bond motifs is 1. The minimum Gasteiger partial charge on any atom is -0.490 e. The summed E-state index contributed by atoms with van der Waals surface area (Å²) in [5, 5.41) is 3.26. The van der Waals surface area contributed by atoms with Crippen LogP contribution in [0.15, 0.2) is 18.2 Å². The fourth-order valence-electron chi connectivity index (χ4n) is 2.90. The van der Waals surface area contributed by atoms with Gasteiger partial charge in [-0.25, -0.2) is 0 Å². The van der Waals surface area contributed by atoms with Gasteiger partial charge in [0, 0.05) is 6.42 Å².